The van der Waals surface area contributed by atoms with E-state index in [-0.39, 0.29) is 29.9 Å². The number of sulfonamides is 1. The quantitative estimate of drug-likeness (QED) is 0.552. The van der Waals surface area contributed by atoms with Crippen LogP contribution in [0.4, 0.5) is 11.4 Å². The number of fused-ring (bicyclic) bond motifs is 1. The van der Waals surface area contributed by atoms with Crippen molar-refractivity contribution in [2.24, 2.45) is 0 Å². The van der Waals surface area contributed by atoms with Crippen molar-refractivity contribution >= 4 is 33.2 Å². The number of ether oxygens (including phenoxy) is 1. The summed E-state index contributed by atoms with van der Waals surface area (Å²) in [6.07, 6.45) is 3.70. The number of rotatable bonds is 9. The number of carbonyl (C=O) groups is 2. The molecule has 0 spiro atoms. The second kappa shape index (κ2) is 11.7. The molecule has 0 atom stereocenters. The molecule has 10 heteroatoms. The first kappa shape index (κ1) is 26.0. The summed E-state index contributed by atoms with van der Waals surface area (Å²) < 4.78 is 33.6. The van der Waals surface area contributed by atoms with Crippen LogP contribution in [0.15, 0.2) is 53.4 Å². The van der Waals surface area contributed by atoms with E-state index in [1.54, 1.807) is 6.07 Å². The van der Waals surface area contributed by atoms with Crippen LogP contribution >= 0.6 is 0 Å². The highest BCUT2D eigenvalue weighted by Gasteiger charge is 2.31. The number of nitrogens with zero attached hydrogens (tertiary/aromatic N) is 3. The van der Waals surface area contributed by atoms with E-state index in [0.717, 1.165) is 37.9 Å². The van der Waals surface area contributed by atoms with Crippen LogP contribution in [0, 0.1) is 0 Å². The summed E-state index contributed by atoms with van der Waals surface area (Å²) in [5, 5.41) is 2.88. The van der Waals surface area contributed by atoms with Gasteiger partial charge in [0.2, 0.25) is 15.9 Å². The molecule has 2 aliphatic rings. The number of benzene rings is 2. The van der Waals surface area contributed by atoms with Crippen molar-refractivity contribution in [2.45, 2.75) is 37.5 Å². The largest absolute Gasteiger partial charge is 0.482 e. The van der Waals surface area contributed by atoms with Gasteiger partial charge in [0.05, 0.1) is 10.6 Å². The van der Waals surface area contributed by atoms with Crippen LogP contribution in [-0.4, -0.2) is 70.4 Å². The molecule has 0 unspecified atom stereocenters. The number of para-hydroxylation sites is 1. The normalized spacial score (nSPS) is 16.6. The molecule has 0 saturated carbocycles. The Hall–Kier alpha value is -3.11. The van der Waals surface area contributed by atoms with Crippen molar-refractivity contribution in [2.75, 3.05) is 55.7 Å². The lowest BCUT2D eigenvalue weighted by Gasteiger charge is -2.30. The summed E-state index contributed by atoms with van der Waals surface area (Å²) in [5.41, 5.74) is 1.38. The number of amides is 2. The maximum absolute atomic E-state index is 13.3. The fourth-order valence-electron chi connectivity index (χ4n) is 4.59. The van der Waals surface area contributed by atoms with Gasteiger partial charge in [-0.3, -0.25) is 14.5 Å². The van der Waals surface area contributed by atoms with Crippen LogP contribution in [-0.2, 0) is 19.6 Å². The third-order valence-electron chi connectivity index (χ3n) is 6.58. The lowest BCUT2D eigenvalue weighted by atomic mass is 10.2. The third-order valence-corrected chi connectivity index (χ3v) is 8.48. The van der Waals surface area contributed by atoms with E-state index in [1.807, 2.05) is 30.3 Å². The minimum Gasteiger partial charge on any atom is -0.482 e. The fourth-order valence-corrected chi connectivity index (χ4v) is 6.12. The van der Waals surface area contributed by atoms with Gasteiger partial charge in [-0.2, -0.15) is 4.31 Å². The summed E-state index contributed by atoms with van der Waals surface area (Å²) in [7, 11) is -3.71. The first-order valence-electron chi connectivity index (χ1n) is 12.5. The minimum atomic E-state index is -3.71. The van der Waals surface area contributed by atoms with E-state index in [2.05, 4.69) is 17.1 Å². The van der Waals surface area contributed by atoms with E-state index in [4.69, 9.17) is 4.74 Å². The molecule has 2 heterocycles. The van der Waals surface area contributed by atoms with Gasteiger partial charge in [0.25, 0.3) is 5.91 Å². The van der Waals surface area contributed by atoms with Gasteiger partial charge in [-0.25, -0.2) is 8.42 Å². The predicted octanol–water partition coefficient (Wildman–Crippen LogP) is 2.62. The molecule has 1 N–H and O–H groups in total. The van der Waals surface area contributed by atoms with E-state index in [9.17, 15) is 18.0 Å². The van der Waals surface area contributed by atoms with Crippen molar-refractivity contribution in [3.8, 4) is 5.75 Å². The van der Waals surface area contributed by atoms with Crippen LogP contribution in [0.1, 0.15) is 32.6 Å². The highest BCUT2D eigenvalue weighted by Crippen LogP contribution is 2.35. The molecule has 0 aliphatic carbocycles. The second-order valence-electron chi connectivity index (χ2n) is 8.98. The zero-order chi connectivity index (χ0) is 25.5. The molecule has 1 saturated heterocycles. The van der Waals surface area contributed by atoms with Crippen LogP contribution < -0.4 is 19.9 Å². The summed E-state index contributed by atoms with van der Waals surface area (Å²) >= 11 is 0. The maximum Gasteiger partial charge on any atom is 0.265 e. The molecule has 2 aromatic rings. The van der Waals surface area contributed by atoms with Crippen LogP contribution in [0.3, 0.4) is 0 Å². The molecular formula is C26H34N4O5S. The Balaban J connectivity index is 1.44. The topological polar surface area (TPSA) is 99.3 Å². The number of hydrogen-bond acceptors (Lipinski definition) is 6. The first-order chi connectivity index (χ1) is 17.4. The van der Waals surface area contributed by atoms with Gasteiger partial charge in [-0.05, 0) is 50.1 Å². The van der Waals surface area contributed by atoms with E-state index >= 15 is 0 Å². The molecule has 194 valence electrons. The number of nitrogens with one attached hydrogen (secondary N) is 1. The molecule has 0 radical (unpaired) electrons. The maximum atomic E-state index is 13.3. The lowest BCUT2D eigenvalue weighted by Crippen LogP contribution is -2.46. The number of carbonyl (C=O) groups excluding carboxylic acids is 2. The van der Waals surface area contributed by atoms with Gasteiger partial charge in [0.15, 0.2) is 6.61 Å². The molecule has 0 bridgehead atoms. The molecule has 1 fully saturated rings. The fraction of sp³-hybridized carbons (Fsp3) is 0.462. The first-order valence-corrected chi connectivity index (χ1v) is 14.0. The smallest absolute Gasteiger partial charge is 0.265 e. The zero-order valence-electron chi connectivity index (χ0n) is 20.7. The Labute approximate surface area is 213 Å². The molecule has 4 rings (SSSR count). The second-order valence-corrected chi connectivity index (χ2v) is 10.9. The van der Waals surface area contributed by atoms with Gasteiger partial charge in [0.1, 0.15) is 12.3 Å². The van der Waals surface area contributed by atoms with Crippen molar-refractivity contribution in [3.05, 3.63) is 48.5 Å². The van der Waals surface area contributed by atoms with Crippen LogP contribution in [0.2, 0.25) is 0 Å². The van der Waals surface area contributed by atoms with Crippen LogP contribution in [0.25, 0.3) is 0 Å². The monoisotopic (exact) mass is 514 g/mol. The molecular weight excluding hydrogens is 480 g/mol. The van der Waals surface area contributed by atoms with Crippen LogP contribution in [0.5, 0.6) is 5.75 Å². The predicted molar refractivity (Wildman–Crippen MR) is 139 cm³/mol. The Kier molecular flexibility index (Phi) is 8.48. The minimum absolute atomic E-state index is 0.105. The van der Waals surface area contributed by atoms with Crippen molar-refractivity contribution < 1.29 is 22.7 Å². The summed E-state index contributed by atoms with van der Waals surface area (Å²) in [5.74, 6) is -0.319. The molecule has 36 heavy (non-hydrogen) atoms. The van der Waals surface area contributed by atoms with Gasteiger partial charge in [-0.15, -0.1) is 0 Å². The summed E-state index contributed by atoms with van der Waals surface area (Å²) in [4.78, 5) is 29.0. The van der Waals surface area contributed by atoms with Crippen molar-refractivity contribution in [3.63, 3.8) is 0 Å². The Morgan fingerprint density at radius 3 is 2.47 bits per heavy atom. The SMILES string of the molecule is CCN(CCNC(=O)CN1C(=O)COc2ccc(S(=O)(=O)N3CCCCCC3)cc21)c1ccccc1. The average molecular weight is 515 g/mol. The number of likely N-dealkylation sites (N-methyl/N-ethyl adjacent to an activating group) is 1. The molecule has 2 aliphatic heterocycles. The van der Waals surface area contributed by atoms with E-state index < -0.39 is 10.0 Å². The van der Waals surface area contributed by atoms with Crippen molar-refractivity contribution in [1.82, 2.24) is 9.62 Å². The zero-order valence-corrected chi connectivity index (χ0v) is 21.5. The Morgan fingerprint density at radius 1 is 1.06 bits per heavy atom. The van der Waals surface area contributed by atoms with Gasteiger partial charge >= 0.3 is 0 Å². The molecule has 9 nitrogen and oxygen atoms in total. The molecule has 2 amide bonds. The highest BCUT2D eigenvalue weighted by molar-refractivity contribution is 7.89. The van der Waals surface area contributed by atoms with Gasteiger partial charge in [-0.1, -0.05) is 31.0 Å². The van der Waals surface area contributed by atoms with E-state index in [1.165, 1.54) is 21.3 Å². The van der Waals surface area contributed by atoms with Gasteiger partial charge < -0.3 is 15.0 Å². The Morgan fingerprint density at radius 2 is 1.78 bits per heavy atom. The molecule has 2 aromatic carbocycles. The third kappa shape index (κ3) is 5.99. The average Bonchev–Trinajstić information content (AvgIpc) is 3.19. The van der Waals surface area contributed by atoms with E-state index in [0.29, 0.717) is 37.6 Å². The lowest BCUT2D eigenvalue weighted by molar-refractivity contribution is -0.125. The standard InChI is InChI=1S/C26H34N4O5S/c1-2-28(21-10-6-5-7-11-21)17-14-27-25(31)19-30-23-18-22(12-13-24(23)35-20-26(30)32)36(33,34)29-15-8-3-4-9-16-29/h5-7,10-13,18H,2-4,8-9,14-17,19-20H2,1H3,(H,27,31). The number of hydrogen-bond donors (Lipinski definition) is 1. The summed E-state index contributed by atoms with van der Waals surface area (Å²) in [6, 6.07) is 14.5. The highest BCUT2D eigenvalue weighted by atomic mass is 32.2. The van der Waals surface area contributed by atoms with Gasteiger partial charge in [0, 0.05) is 38.4 Å². The number of anilines is 2. The molecule has 0 aromatic heterocycles. The summed E-state index contributed by atoms with van der Waals surface area (Å²) in [6.45, 7) is 4.45. The Bertz CT molecular complexity index is 1160. The van der Waals surface area contributed by atoms with Crippen molar-refractivity contribution in [1.29, 1.82) is 0 Å².